The Labute approximate surface area is 180 Å². The number of hydrogen-bond acceptors (Lipinski definition) is 3. The van der Waals surface area contributed by atoms with Gasteiger partial charge in [0.15, 0.2) is 0 Å². The number of unbranched alkanes of at least 4 members (excludes halogenated alkanes) is 2. The van der Waals surface area contributed by atoms with E-state index >= 15 is 0 Å². The molecule has 2 aromatic heterocycles. The van der Waals surface area contributed by atoms with Gasteiger partial charge in [0.2, 0.25) is 5.78 Å². The van der Waals surface area contributed by atoms with Crippen molar-refractivity contribution >= 4 is 17.4 Å². The molecule has 0 unspecified atom stereocenters. The maximum atomic E-state index is 13.0. The number of rotatable bonds is 7. The summed E-state index contributed by atoms with van der Waals surface area (Å²) in [5.74, 6) is 1.40. The second-order valence-corrected chi connectivity index (χ2v) is 7.67. The van der Waals surface area contributed by atoms with Crippen LogP contribution in [0.2, 0.25) is 5.02 Å². The minimum Gasteiger partial charge on any atom is -0.496 e. The van der Waals surface area contributed by atoms with Crippen LogP contribution in [0.3, 0.4) is 0 Å². The molecular weight excluding hydrogens is 398 g/mol. The molecule has 0 aliphatic carbocycles. The molecule has 154 valence electrons. The van der Waals surface area contributed by atoms with Gasteiger partial charge in [0.1, 0.15) is 5.75 Å². The van der Waals surface area contributed by atoms with E-state index in [2.05, 4.69) is 11.5 Å². The number of para-hydroxylation sites is 1. The van der Waals surface area contributed by atoms with Crippen LogP contribution in [0.4, 0.5) is 0 Å². The SMILES string of the molecule is CCCCCn1c(-c2ccccc2OC)cn2c(=O)cc(-c3ccc(Cl)cc3)nc12. The highest BCUT2D eigenvalue weighted by atomic mass is 35.5. The lowest BCUT2D eigenvalue weighted by Crippen LogP contribution is -2.14. The van der Waals surface area contributed by atoms with Gasteiger partial charge in [-0.3, -0.25) is 9.20 Å². The van der Waals surface area contributed by atoms with Crippen LogP contribution in [0.1, 0.15) is 26.2 Å². The Morgan fingerprint density at radius 1 is 1.07 bits per heavy atom. The van der Waals surface area contributed by atoms with Crippen LogP contribution in [0.25, 0.3) is 28.3 Å². The molecule has 2 aromatic carbocycles. The summed E-state index contributed by atoms with van der Waals surface area (Å²) in [7, 11) is 1.66. The highest BCUT2D eigenvalue weighted by molar-refractivity contribution is 6.30. The third-order valence-corrected chi connectivity index (χ3v) is 5.48. The molecule has 0 radical (unpaired) electrons. The smallest absolute Gasteiger partial charge is 0.259 e. The fraction of sp³-hybridized carbons (Fsp3) is 0.250. The molecule has 0 fully saturated rings. The lowest BCUT2D eigenvalue weighted by atomic mass is 10.1. The lowest BCUT2D eigenvalue weighted by Gasteiger charge is -2.12. The molecule has 0 aliphatic heterocycles. The zero-order chi connectivity index (χ0) is 21.1. The summed E-state index contributed by atoms with van der Waals surface area (Å²) >= 11 is 6.02. The van der Waals surface area contributed by atoms with Gasteiger partial charge in [-0.2, -0.15) is 0 Å². The summed E-state index contributed by atoms with van der Waals surface area (Å²) in [5, 5.41) is 0.651. The summed E-state index contributed by atoms with van der Waals surface area (Å²) < 4.78 is 9.31. The normalized spacial score (nSPS) is 11.2. The fourth-order valence-electron chi connectivity index (χ4n) is 3.67. The Balaban J connectivity index is 1.93. The number of benzene rings is 2. The molecule has 5 nitrogen and oxygen atoms in total. The van der Waals surface area contributed by atoms with Gasteiger partial charge in [0.25, 0.3) is 5.56 Å². The molecule has 0 atom stereocenters. The number of halogens is 1. The van der Waals surface area contributed by atoms with Gasteiger partial charge in [-0.05, 0) is 30.7 Å². The van der Waals surface area contributed by atoms with E-state index in [0.717, 1.165) is 48.4 Å². The molecule has 0 amide bonds. The molecule has 0 bridgehead atoms. The first-order valence-corrected chi connectivity index (χ1v) is 10.5. The molecule has 0 aliphatic rings. The third-order valence-electron chi connectivity index (χ3n) is 5.23. The van der Waals surface area contributed by atoms with Crippen molar-refractivity contribution in [2.24, 2.45) is 0 Å². The Morgan fingerprint density at radius 2 is 1.83 bits per heavy atom. The van der Waals surface area contributed by atoms with Crippen molar-refractivity contribution in [1.29, 1.82) is 0 Å². The maximum absolute atomic E-state index is 13.0. The van der Waals surface area contributed by atoms with Crippen molar-refractivity contribution in [3.63, 3.8) is 0 Å². The summed E-state index contributed by atoms with van der Waals surface area (Å²) in [6, 6.07) is 16.8. The molecule has 30 heavy (non-hydrogen) atoms. The summed E-state index contributed by atoms with van der Waals surface area (Å²) in [4.78, 5) is 17.8. The zero-order valence-corrected chi connectivity index (χ0v) is 17.9. The van der Waals surface area contributed by atoms with E-state index in [0.29, 0.717) is 16.5 Å². The first kappa shape index (κ1) is 20.2. The van der Waals surface area contributed by atoms with Gasteiger partial charge in [-0.1, -0.05) is 55.6 Å². The molecule has 0 spiro atoms. The van der Waals surface area contributed by atoms with E-state index in [1.54, 1.807) is 29.7 Å². The predicted molar refractivity (Wildman–Crippen MR) is 121 cm³/mol. The first-order chi connectivity index (χ1) is 14.6. The van der Waals surface area contributed by atoms with Gasteiger partial charge >= 0.3 is 0 Å². The van der Waals surface area contributed by atoms with Gasteiger partial charge in [-0.25, -0.2) is 4.98 Å². The average molecular weight is 422 g/mol. The first-order valence-electron chi connectivity index (χ1n) is 10.1. The van der Waals surface area contributed by atoms with Crippen molar-refractivity contribution in [1.82, 2.24) is 14.0 Å². The minimum absolute atomic E-state index is 0.115. The van der Waals surface area contributed by atoms with Crippen LogP contribution in [-0.4, -0.2) is 21.1 Å². The van der Waals surface area contributed by atoms with Gasteiger partial charge in [-0.15, -0.1) is 0 Å². The molecular formula is C24H24ClN3O2. The topological polar surface area (TPSA) is 48.5 Å². The highest BCUT2D eigenvalue weighted by Crippen LogP contribution is 2.31. The second kappa shape index (κ2) is 8.76. The van der Waals surface area contributed by atoms with Crippen molar-refractivity contribution in [3.8, 4) is 28.3 Å². The Morgan fingerprint density at radius 3 is 2.57 bits per heavy atom. The second-order valence-electron chi connectivity index (χ2n) is 7.23. The monoisotopic (exact) mass is 421 g/mol. The van der Waals surface area contributed by atoms with Crippen LogP contribution < -0.4 is 10.3 Å². The highest BCUT2D eigenvalue weighted by Gasteiger charge is 2.17. The molecule has 0 N–H and O–H groups in total. The summed E-state index contributed by atoms with van der Waals surface area (Å²) in [5.41, 5.74) is 3.24. The Bertz CT molecular complexity index is 1230. The zero-order valence-electron chi connectivity index (χ0n) is 17.1. The van der Waals surface area contributed by atoms with Gasteiger partial charge < -0.3 is 9.30 Å². The van der Waals surface area contributed by atoms with Crippen LogP contribution >= 0.6 is 11.6 Å². The fourth-order valence-corrected chi connectivity index (χ4v) is 3.80. The minimum atomic E-state index is -0.115. The van der Waals surface area contributed by atoms with Crippen LogP contribution in [0, 0.1) is 0 Å². The van der Waals surface area contributed by atoms with E-state index in [9.17, 15) is 4.79 Å². The number of aryl methyl sites for hydroxylation is 1. The van der Waals surface area contributed by atoms with Crippen LogP contribution in [0.15, 0.2) is 65.6 Å². The number of ether oxygens (including phenoxy) is 1. The van der Waals surface area contributed by atoms with Crippen molar-refractivity contribution in [3.05, 3.63) is 76.2 Å². The quantitative estimate of drug-likeness (QED) is 0.360. The molecule has 2 heterocycles. The van der Waals surface area contributed by atoms with Crippen molar-refractivity contribution < 1.29 is 4.74 Å². The predicted octanol–water partition coefficient (Wildman–Crippen LogP) is 5.68. The van der Waals surface area contributed by atoms with E-state index in [1.165, 1.54) is 0 Å². The standard InChI is InChI=1S/C24H24ClN3O2/c1-3-4-7-14-27-21(19-8-5-6-9-22(19)30-2)16-28-23(29)15-20(26-24(27)28)17-10-12-18(25)13-11-17/h5-6,8-13,15-16H,3-4,7,14H2,1-2H3. The summed E-state index contributed by atoms with van der Waals surface area (Å²) in [6.45, 7) is 2.95. The van der Waals surface area contributed by atoms with Gasteiger partial charge in [0, 0.05) is 35.0 Å². The Hall–Kier alpha value is -3.05. The number of imidazole rings is 1. The van der Waals surface area contributed by atoms with E-state index in [1.807, 2.05) is 42.6 Å². The van der Waals surface area contributed by atoms with Crippen LogP contribution in [0.5, 0.6) is 5.75 Å². The van der Waals surface area contributed by atoms with E-state index in [-0.39, 0.29) is 5.56 Å². The lowest BCUT2D eigenvalue weighted by molar-refractivity contribution is 0.416. The number of aromatic nitrogens is 3. The number of nitrogens with zero attached hydrogens (tertiary/aromatic N) is 3. The molecule has 4 rings (SSSR count). The van der Waals surface area contributed by atoms with Crippen molar-refractivity contribution in [2.75, 3.05) is 7.11 Å². The van der Waals surface area contributed by atoms with E-state index in [4.69, 9.17) is 21.3 Å². The Kier molecular flexibility index (Phi) is 5.91. The number of fused-ring (bicyclic) bond motifs is 1. The largest absolute Gasteiger partial charge is 0.496 e. The van der Waals surface area contributed by atoms with E-state index < -0.39 is 0 Å². The number of hydrogen-bond donors (Lipinski definition) is 0. The van der Waals surface area contributed by atoms with Crippen LogP contribution in [-0.2, 0) is 6.54 Å². The molecule has 4 aromatic rings. The number of methoxy groups -OCH3 is 1. The molecule has 0 saturated heterocycles. The summed E-state index contributed by atoms with van der Waals surface area (Å²) in [6.07, 6.45) is 5.09. The van der Waals surface area contributed by atoms with Gasteiger partial charge in [0.05, 0.1) is 18.5 Å². The van der Waals surface area contributed by atoms with Crippen molar-refractivity contribution in [2.45, 2.75) is 32.7 Å². The average Bonchev–Trinajstić information content (AvgIpc) is 3.13. The molecule has 6 heteroatoms. The maximum Gasteiger partial charge on any atom is 0.259 e. The third kappa shape index (κ3) is 3.85. The molecule has 0 saturated carbocycles.